The Balaban J connectivity index is 1.60. The molecular formula is C20H20ClN3O4. The molecule has 146 valence electrons. The molecule has 2 aromatic heterocycles. The summed E-state index contributed by atoms with van der Waals surface area (Å²) < 4.78 is 12.2. The second-order valence-electron chi connectivity index (χ2n) is 6.34. The number of carbonyl (C=O) groups is 2. The summed E-state index contributed by atoms with van der Waals surface area (Å²) in [6.45, 7) is 5.26. The van der Waals surface area contributed by atoms with Gasteiger partial charge in [0, 0.05) is 16.7 Å². The zero-order valence-corrected chi connectivity index (χ0v) is 16.5. The number of benzene rings is 1. The van der Waals surface area contributed by atoms with Crippen molar-refractivity contribution in [3.05, 3.63) is 69.8 Å². The minimum atomic E-state index is -0.588. The number of carbonyl (C=O) groups excluding carboxylic acids is 2. The third-order valence-corrected chi connectivity index (χ3v) is 4.54. The Morgan fingerprint density at radius 1 is 1.21 bits per heavy atom. The van der Waals surface area contributed by atoms with Gasteiger partial charge >= 0.3 is 5.97 Å². The molecule has 0 atom stereocenters. The van der Waals surface area contributed by atoms with Gasteiger partial charge in [-0.05, 0) is 38.5 Å². The lowest BCUT2D eigenvalue weighted by atomic mass is 10.1. The van der Waals surface area contributed by atoms with Gasteiger partial charge in [-0.2, -0.15) is 5.10 Å². The molecule has 0 radical (unpaired) electrons. The summed E-state index contributed by atoms with van der Waals surface area (Å²) in [6, 6.07) is 9.04. The molecule has 0 aliphatic heterocycles. The van der Waals surface area contributed by atoms with Crippen LogP contribution in [-0.4, -0.2) is 28.3 Å². The third-order valence-electron chi connectivity index (χ3n) is 4.31. The normalized spacial score (nSPS) is 10.7. The fourth-order valence-corrected chi connectivity index (χ4v) is 3.06. The fraction of sp³-hybridized carbons (Fsp3) is 0.250. The van der Waals surface area contributed by atoms with Crippen molar-refractivity contribution in [3.8, 4) is 0 Å². The van der Waals surface area contributed by atoms with E-state index in [4.69, 9.17) is 20.8 Å². The Bertz CT molecular complexity index is 1020. The predicted molar refractivity (Wildman–Crippen MR) is 105 cm³/mol. The lowest BCUT2D eigenvalue weighted by Gasteiger charge is -2.10. The largest absolute Gasteiger partial charge is 0.465 e. The highest BCUT2D eigenvalue weighted by Gasteiger charge is 2.21. The number of hydrogen-bond donors (Lipinski definition) is 1. The van der Waals surface area contributed by atoms with Gasteiger partial charge in [0.05, 0.1) is 12.7 Å². The maximum Gasteiger partial charge on any atom is 0.342 e. The second-order valence-corrected chi connectivity index (χ2v) is 6.78. The molecule has 0 unspecified atom stereocenters. The van der Waals surface area contributed by atoms with Crippen LogP contribution in [0.4, 0.5) is 5.82 Å². The fourth-order valence-electron chi connectivity index (χ4n) is 2.85. The van der Waals surface area contributed by atoms with Crippen molar-refractivity contribution in [2.45, 2.75) is 27.3 Å². The number of hydrogen-bond acceptors (Lipinski definition) is 5. The maximum atomic E-state index is 12.3. The Kier molecular flexibility index (Phi) is 5.84. The molecule has 8 heteroatoms. The van der Waals surface area contributed by atoms with Crippen molar-refractivity contribution < 1.29 is 18.7 Å². The molecule has 0 saturated carbocycles. The van der Waals surface area contributed by atoms with E-state index in [0.717, 1.165) is 5.56 Å². The number of esters is 1. The number of aryl methyl sites for hydroxylation is 2. The topological polar surface area (TPSA) is 86.4 Å². The number of ether oxygens (including phenoxy) is 1. The summed E-state index contributed by atoms with van der Waals surface area (Å²) in [4.78, 5) is 24.5. The van der Waals surface area contributed by atoms with Crippen LogP contribution in [0, 0.1) is 20.8 Å². The van der Waals surface area contributed by atoms with E-state index in [1.54, 1.807) is 43.8 Å². The van der Waals surface area contributed by atoms with Crippen LogP contribution in [0.2, 0.25) is 5.02 Å². The highest BCUT2D eigenvalue weighted by atomic mass is 35.5. The first-order valence-electron chi connectivity index (χ1n) is 8.65. The smallest absolute Gasteiger partial charge is 0.342 e. The average Bonchev–Trinajstić information content (AvgIpc) is 3.16. The molecule has 0 saturated heterocycles. The first-order valence-corrected chi connectivity index (χ1v) is 9.02. The highest BCUT2D eigenvalue weighted by Crippen LogP contribution is 2.21. The molecule has 3 rings (SSSR count). The number of nitrogens with one attached hydrogen (secondary N) is 1. The second kappa shape index (κ2) is 8.31. The lowest BCUT2D eigenvalue weighted by molar-refractivity contribution is -0.119. The van der Waals surface area contributed by atoms with E-state index in [1.807, 2.05) is 18.2 Å². The molecule has 7 nitrogen and oxygen atoms in total. The zero-order chi connectivity index (χ0) is 20.3. The monoisotopic (exact) mass is 401 g/mol. The van der Waals surface area contributed by atoms with Crippen molar-refractivity contribution in [3.63, 3.8) is 0 Å². The zero-order valence-electron chi connectivity index (χ0n) is 15.8. The van der Waals surface area contributed by atoms with Gasteiger partial charge in [-0.15, -0.1) is 0 Å². The summed E-state index contributed by atoms with van der Waals surface area (Å²) in [6.07, 6.45) is 1.58. The Morgan fingerprint density at radius 2 is 2.00 bits per heavy atom. The van der Waals surface area contributed by atoms with E-state index in [9.17, 15) is 9.59 Å². The van der Waals surface area contributed by atoms with E-state index in [-0.39, 0.29) is 0 Å². The van der Waals surface area contributed by atoms with Crippen molar-refractivity contribution in [2.75, 3.05) is 11.9 Å². The van der Waals surface area contributed by atoms with E-state index in [0.29, 0.717) is 40.0 Å². The van der Waals surface area contributed by atoms with Crippen LogP contribution in [0.5, 0.6) is 0 Å². The van der Waals surface area contributed by atoms with Gasteiger partial charge in [-0.25, -0.2) is 9.48 Å². The van der Waals surface area contributed by atoms with Gasteiger partial charge in [0.25, 0.3) is 5.91 Å². The van der Waals surface area contributed by atoms with Crippen molar-refractivity contribution in [1.82, 2.24) is 9.78 Å². The summed E-state index contributed by atoms with van der Waals surface area (Å²) in [5.74, 6) is 0.567. The predicted octanol–water partition coefficient (Wildman–Crippen LogP) is 3.90. The van der Waals surface area contributed by atoms with Gasteiger partial charge < -0.3 is 14.5 Å². The Labute approximate surface area is 167 Å². The van der Waals surface area contributed by atoms with Crippen LogP contribution in [0.15, 0.2) is 40.9 Å². The average molecular weight is 402 g/mol. The van der Waals surface area contributed by atoms with E-state index in [2.05, 4.69) is 10.4 Å². The molecule has 2 heterocycles. The van der Waals surface area contributed by atoms with Crippen LogP contribution in [0.1, 0.15) is 33.0 Å². The highest BCUT2D eigenvalue weighted by molar-refractivity contribution is 6.30. The quantitative estimate of drug-likeness (QED) is 0.633. The molecule has 0 bridgehead atoms. The number of amides is 1. The van der Waals surface area contributed by atoms with Gasteiger partial charge in [0.1, 0.15) is 22.9 Å². The van der Waals surface area contributed by atoms with Crippen LogP contribution < -0.4 is 5.32 Å². The van der Waals surface area contributed by atoms with Gasteiger partial charge in [0.15, 0.2) is 6.61 Å². The van der Waals surface area contributed by atoms with Gasteiger partial charge in [-0.3, -0.25) is 4.79 Å². The molecule has 0 aliphatic rings. The lowest BCUT2D eigenvalue weighted by Crippen LogP contribution is -2.23. The number of furan rings is 1. The molecule has 1 amide bonds. The third kappa shape index (κ3) is 4.43. The van der Waals surface area contributed by atoms with Crippen molar-refractivity contribution in [1.29, 1.82) is 0 Å². The number of rotatable bonds is 6. The molecule has 0 spiro atoms. The summed E-state index contributed by atoms with van der Waals surface area (Å²) in [5, 5.41) is 7.52. The summed E-state index contributed by atoms with van der Waals surface area (Å²) >= 11 is 6.00. The molecule has 28 heavy (non-hydrogen) atoms. The SMILES string of the molecule is Cc1oc(C)c(C(=O)OCC(=O)Nc2ccnn2Cc2cccc(Cl)c2)c1C. The van der Waals surface area contributed by atoms with Crippen LogP contribution in [0.3, 0.4) is 0 Å². The van der Waals surface area contributed by atoms with Crippen LogP contribution >= 0.6 is 11.6 Å². The first-order chi connectivity index (χ1) is 13.3. The van der Waals surface area contributed by atoms with E-state index in [1.165, 1.54) is 0 Å². The van der Waals surface area contributed by atoms with Gasteiger partial charge in [0.2, 0.25) is 0 Å². The molecule has 3 aromatic rings. The number of aromatic nitrogens is 2. The summed E-state index contributed by atoms with van der Waals surface area (Å²) in [7, 11) is 0. The maximum absolute atomic E-state index is 12.3. The molecule has 0 aliphatic carbocycles. The minimum absolute atomic E-state index is 0.358. The molecule has 1 N–H and O–H groups in total. The van der Waals surface area contributed by atoms with Crippen LogP contribution in [0.25, 0.3) is 0 Å². The van der Waals surface area contributed by atoms with Crippen molar-refractivity contribution >= 4 is 29.3 Å². The molecule has 1 aromatic carbocycles. The van der Waals surface area contributed by atoms with E-state index >= 15 is 0 Å². The first kappa shape index (κ1) is 19.7. The Morgan fingerprint density at radius 3 is 2.68 bits per heavy atom. The number of nitrogens with zero attached hydrogens (tertiary/aromatic N) is 2. The Hall–Kier alpha value is -3.06. The number of halogens is 1. The minimum Gasteiger partial charge on any atom is -0.465 e. The van der Waals surface area contributed by atoms with E-state index < -0.39 is 18.5 Å². The summed E-state index contributed by atoms with van der Waals surface area (Å²) in [5.41, 5.74) is 2.01. The molecular weight excluding hydrogens is 382 g/mol. The molecule has 0 fully saturated rings. The standard InChI is InChI=1S/C20H20ClN3O4/c1-12-13(2)28-14(3)19(12)20(26)27-11-18(25)23-17-7-8-22-24(17)10-15-5-4-6-16(21)9-15/h4-9H,10-11H2,1-3H3,(H,23,25). The number of anilines is 1. The van der Waals surface area contributed by atoms with Crippen molar-refractivity contribution in [2.24, 2.45) is 0 Å². The van der Waals surface area contributed by atoms with Crippen LogP contribution in [-0.2, 0) is 16.1 Å². The van der Waals surface area contributed by atoms with Gasteiger partial charge in [-0.1, -0.05) is 23.7 Å².